The highest BCUT2D eigenvalue weighted by Crippen LogP contribution is 2.30. The Balaban J connectivity index is 2.38. The molecule has 2 aromatic rings. The third-order valence-corrected chi connectivity index (χ3v) is 2.73. The van der Waals surface area contributed by atoms with Crippen LogP contribution in [-0.2, 0) is 4.79 Å². The van der Waals surface area contributed by atoms with Gasteiger partial charge in [0.25, 0.3) is 0 Å². The lowest BCUT2D eigenvalue weighted by atomic mass is 10.0. The number of hydrogen-bond acceptors (Lipinski definition) is 2. The first kappa shape index (κ1) is 12.5. The average Bonchev–Trinajstić information content (AvgIpc) is 2.38. The van der Waals surface area contributed by atoms with Crippen LogP contribution in [0.2, 0.25) is 5.02 Å². The zero-order chi connectivity index (χ0) is 13.0. The molecule has 0 heterocycles. The Bertz CT molecular complexity index is 555. The van der Waals surface area contributed by atoms with Gasteiger partial charge >= 0.3 is 5.97 Å². The van der Waals surface area contributed by atoms with Crippen molar-refractivity contribution in [2.24, 2.45) is 0 Å². The van der Waals surface area contributed by atoms with Crippen molar-refractivity contribution >= 4 is 23.3 Å². The molecule has 0 unspecified atom stereocenters. The lowest BCUT2D eigenvalue weighted by Gasteiger charge is -2.11. The molecule has 3 nitrogen and oxygen atoms in total. The minimum atomic E-state index is -0.899. The largest absolute Gasteiger partial charge is 0.480 e. The molecule has 0 aromatic heterocycles. The van der Waals surface area contributed by atoms with Gasteiger partial charge in [-0.1, -0.05) is 41.9 Å². The standard InChI is InChI=1S/C14H12ClNO2/c15-11-6-7-13(16-9-14(17)18)12(8-11)10-4-2-1-3-5-10/h1-8,16H,9H2,(H,17,18). The van der Waals surface area contributed by atoms with Crippen LogP contribution in [-0.4, -0.2) is 17.6 Å². The second kappa shape index (κ2) is 5.56. The first-order valence-corrected chi connectivity index (χ1v) is 5.85. The first-order chi connectivity index (χ1) is 8.66. The minimum Gasteiger partial charge on any atom is -0.480 e. The molecule has 0 atom stereocenters. The van der Waals surface area contributed by atoms with Crippen molar-refractivity contribution in [3.8, 4) is 11.1 Å². The summed E-state index contributed by atoms with van der Waals surface area (Å²) in [6.45, 7) is -0.124. The number of carboxylic acids is 1. The number of carboxylic acid groups (broad SMARTS) is 1. The highest BCUT2D eigenvalue weighted by atomic mass is 35.5. The van der Waals surface area contributed by atoms with Crippen molar-refractivity contribution in [1.29, 1.82) is 0 Å². The van der Waals surface area contributed by atoms with E-state index in [9.17, 15) is 4.79 Å². The topological polar surface area (TPSA) is 49.3 Å². The van der Waals surface area contributed by atoms with Crippen molar-refractivity contribution in [1.82, 2.24) is 0 Å². The molecular formula is C14H12ClNO2. The Labute approximate surface area is 110 Å². The van der Waals surface area contributed by atoms with Crippen LogP contribution in [0.5, 0.6) is 0 Å². The van der Waals surface area contributed by atoms with Crippen molar-refractivity contribution in [2.75, 3.05) is 11.9 Å². The maximum Gasteiger partial charge on any atom is 0.322 e. The Morgan fingerprint density at radius 2 is 1.89 bits per heavy atom. The molecule has 0 aliphatic carbocycles. The predicted molar refractivity (Wildman–Crippen MR) is 73.0 cm³/mol. The summed E-state index contributed by atoms with van der Waals surface area (Å²) in [4.78, 5) is 10.6. The first-order valence-electron chi connectivity index (χ1n) is 5.47. The third kappa shape index (κ3) is 3.02. The smallest absolute Gasteiger partial charge is 0.322 e. The van der Waals surface area contributed by atoms with Crippen LogP contribution in [0.3, 0.4) is 0 Å². The number of carbonyl (C=O) groups is 1. The van der Waals surface area contributed by atoms with Crippen molar-refractivity contribution in [2.45, 2.75) is 0 Å². The van der Waals surface area contributed by atoms with Crippen LogP contribution in [0.25, 0.3) is 11.1 Å². The van der Waals surface area contributed by atoms with E-state index >= 15 is 0 Å². The molecule has 92 valence electrons. The van der Waals surface area contributed by atoms with E-state index in [0.717, 1.165) is 16.8 Å². The van der Waals surface area contributed by atoms with Gasteiger partial charge in [-0.15, -0.1) is 0 Å². The second-order valence-corrected chi connectivity index (χ2v) is 4.24. The van der Waals surface area contributed by atoms with E-state index < -0.39 is 5.97 Å². The van der Waals surface area contributed by atoms with Crippen LogP contribution >= 0.6 is 11.6 Å². The van der Waals surface area contributed by atoms with Crippen LogP contribution in [0.1, 0.15) is 0 Å². The summed E-state index contributed by atoms with van der Waals surface area (Å²) in [6.07, 6.45) is 0. The molecule has 0 saturated heterocycles. The SMILES string of the molecule is O=C(O)CNc1ccc(Cl)cc1-c1ccccc1. The third-order valence-electron chi connectivity index (χ3n) is 2.50. The Morgan fingerprint density at radius 3 is 2.56 bits per heavy atom. The summed E-state index contributed by atoms with van der Waals surface area (Å²) in [6, 6.07) is 15.0. The van der Waals surface area contributed by atoms with Gasteiger partial charge < -0.3 is 10.4 Å². The van der Waals surface area contributed by atoms with Gasteiger partial charge in [-0.25, -0.2) is 0 Å². The lowest BCUT2D eigenvalue weighted by molar-refractivity contribution is -0.134. The Kier molecular flexibility index (Phi) is 3.85. The molecule has 4 heteroatoms. The van der Waals surface area contributed by atoms with Crippen LogP contribution in [0.4, 0.5) is 5.69 Å². The summed E-state index contributed by atoms with van der Waals surface area (Å²) in [7, 11) is 0. The van der Waals surface area contributed by atoms with Crippen LogP contribution in [0.15, 0.2) is 48.5 Å². The summed E-state index contributed by atoms with van der Waals surface area (Å²) < 4.78 is 0. The molecule has 0 bridgehead atoms. The van der Waals surface area contributed by atoms with E-state index in [1.165, 1.54) is 0 Å². The van der Waals surface area contributed by atoms with Crippen molar-refractivity contribution in [3.63, 3.8) is 0 Å². The zero-order valence-electron chi connectivity index (χ0n) is 9.56. The highest BCUT2D eigenvalue weighted by Gasteiger charge is 2.06. The summed E-state index contributed by atoms with van der Waals surface area (Å²) >= 11 is 5.99. The zero-order valence-corrected chi connectivity index (χ0v) is 10.3. The number of rotatable bonds is 4. The van der Waals surface area contributed by atoms with E-state index in [1.807, 2.05) is 36.4 Å². The summed E-state index contributed by atoms with van der Waals surface area (Å²) in [5, 5.41) is 12.2. The normalized spacial score (nSPS) is 10.1. The highest BCUT2D eigenvalue weighted by molar-refractivity contribution is 6.31. The molecule has 0 radical (unpaired) electrons. The predicted octanol–water partition coefficient (Wildman–Crippen LogP) is 3.50. The monoisotopic (exact) mass is 261 g/mol. The molecule has 0 aliphatic heterocycles. The van der Waals surface area contributed by atoms with Gasteiger partial charge in [0.2, 0.25) is 0 Å². The fraction of sp³-hybridized carbons (Fsp3) is 0.0714. The van der Waals surface area contributed by atoms with Gasteiger partial charge in [-0.3, -0.25) is 4.79 Å². The molecule has 2 aromatic carbocycles. The average molecular weight is 262 g/mol. The number of nitrogens with one attached hydrogen (secondary N) is 1. The number of benzene rings is 2. The van der Waals surface area contributed by atoms with E-state index in [2.05, 4.69) is 5.32 Å². The second-order valence-electron chi connectivity index (χ2n) is 3.80. The summed E-state index contributed by atoms with van der Waals surface area (Å²) in [5.41, 5.74) is 2.64. The minimum absolute atomic E-state index is 0.124. The number of halogens is 1. The van der Waals surface area contributed by atoms with Gasteiger partial charge in [-0.2, -0.15) is 0 Å². The van der Waals surface area contributed by atoms with E-state index in [1.54, 1.807) is 12.1 Å². The number of anilines is 1. The van der Waals surface area contributed by atoms with Gasteiger partial charge in [0.15, 0.2) is 0 Å². The molecule has 2 rings (SSSR count). The summed E-state index contributed by atoms with van der Waals surface area (Å²) in [5.74, 6) is -0.899. The molecule has 0 aliphatic rings. The van der Waals surface area contributed by atoms with E-state index in [-0.39, 0.29) is 6.54 Å². The van der Waals surface area contributed by atoms with Gasteiger partial charge in [0.1, 0.15) is 6.54 Å². The maximum atomic E-state index is 10.6. The lowest BCUT2D eigenvalue weighted by Crippen LogP contribution is -2.12. The fourth-order valence-electron chi connectivity index (χ4n) is 1.70. The molecule has 18 heavy (non-hydrogen) atoms. The van der Waals surface area contributed by atoms with E-state index in [0.29, 0.717) is 5.02 Å². The molecular weight excluding hydrogens is 250 g/mol. The van der Waals surface area contributed by atoms with Crippen molar-refractivity contribution < 1.29 is 9.90 Å². The Morgan fingerprint density at radius 1 is 1.17 bits per heavy atom. The fourth-order valence-corrected chi connectivity index (χ4v) is 1.87. The van der Waals surface area contributed by atoms with Gasteiger partial charge in [0.05, 0.1) is 0 Å². The van der Waals surface area contributed by atoms with E-state index in [4.69, 9.17) is 16.7 Å². The van der Waals surface area contributed by atoms with Gasteiger partial charge in [0, 0.05) is 16.3 Å². The number of hydrogen-bond donors (Lipinski definition) is 2. The van der Waals surface area contributed by atoms with Gasteiger partial charge in [-0.05, 0) is 23.8 Å². The molecule has 0 amide bonds. The molecule has 0 spiro atoms. The number of aliphatic carboxylic acids is 1. The van der Waals surface area contributed by atoms with Crippen molar-refractivity contribution in [3.05, 3.63) is 53.6 Å². The van der Waals surface area contributed by atoms with Crippen LogP contribution < -0.4 is 5.32 Å². The Hall–Kier alpha value is -2.00. The molecule has 0 fully saturated rings. The molecule has 2 N–H and O–H groups in total. The molecule has 0 saturated carbocycles. The quantitative estimate of drug-likeness (QED) is 0.886. The maximum absolute atomic E-state index is 10.6. The van der Waals surface area contributed by atoms with Crippen LogP contribution in [0, 0.1) is 0 Å².